The molecule has 1 atom stereocenters. The largest absolute Gasteiger partial charge is 0.480 e. The summed E-state index contributed by atoms with van der Waals surface area (Å²) in [6, 6.07) is -0.821. The van der Waals surface area contributed by atoms with E-state index >= 15 is 0 Å². The number of carbonyl (C=O) groups is 2. The number of hydrogen-bond acceptors (Lipinski definition) is 5. The van der Waals surface area contributed by atoms with Crippen LogP contribution in [0.2, 0.25) is 0 Å². The van der Waals surface area contributed by atoms with Gasteiger partial charge in [0, 0.05) is 12.5 Å². The number of nitrogens with zero attached hydrogens (tertiary/aromatic N) is 3. The van der Waals surface area contributed by atoms with Crippen molar-refractivity contribution in [3.63, 3.8) is 0 Å². The highest BCUT2D eigenvalue weighted by Gasteiger charge is 2.44. The van der Waals surface area contributed by atoms with E-state index in [1.165, 1.54) is 23.9 Å². The Labute approximate surface area is 152 Å². The van der Waals surface area contributed by atoms with E-state index in [2.05, 4.69) is 9.97 Å². The summed E-state index contributed by atoms with van der Waals surface area (Å²) >= 11 is 0. The average Bonchev–Trinajstić information content (AvgIpc) is 3.49. The van der Waals surface area contributed by atoms with Crippen molar-refractivity contribution < 1.29 is 19.4 Å². The Morgan fingerprint density at radius 3 is 2.65 bits per heavy atom. The van der Waals surface area contributed by atoms with E-state index in [4.69, 9.17) is 4.74 Å². The maximum absolute atomic E-state index is 13.0. The topological polar surface area (TPSA) is 92.6 Å². The summed E-state index contributed by atoms with van der Waals surface area (Å²) in [5, 5.41) is 9.49. The molecule has 3 aliphatic rings. The molecule has 1 saturated heterocycles. The summed E-state index contributed by atoms with van der Waals surface area (Å²) in [5.41, 5.74) is 0.772. The van der Waals surface area contributed by atoms with E-state index in [0.29, 0.717) is 37.3 Å². The van der Waals surface area contributed by atoms with E-state index < -0.39 is 12.0 Å². The van der Waals surface area contributed by atoms with Crippen LogP contribution in [0, 0.1) is 11.3 Å². The summed E-state index contributed by atoms with van der Waals surface area (Å²) in [7, 11) is 0. The minimum Gasteiger partial charge on any atom is -0.480 e. The molecule has 1 aromatic rings. The van der Waals surface area contributed by atoms with Crippen molar-refractivity contribution in [1.29, 1.82) is 0 Å². The average molecular weight is 359 g/mol. The number of likely N-dealkylation sites (tertiary alicyclic amines) is 1. The Morgan fingerprint density at radius 2 is 2.04 bits per heavy atom. The highest BCUT2D eigenvalue weighted by atomic mass is 16.5. The zero-order chi connectivity index (χ0) is 18.5. The maximum Gasteiger partial charge on any atom is 0.326 e. The standard InChI is InChI=1S/C19H25N3O4/c1-19(2)7-14(18(24)25)22(10-19)17(23)13-8-20-15(12-5-6-12)16(21-13)26-9-11-3-4-11/h8,11-12,14H,3-7,9-10H2,1-2H3,(H,24,25). The number of rotatable bonds is 6. The summed E-state index contributed by atoms with van der Waals surface area (Å²) in [6.07, 6.45) is 6.41. The number of aliphatic carboxylic acids is 1. The van der Waals surface area contributed by atoms with Gasteiger partial charge in [0.2, 0.25) is 5.88 Å². The van der Waals surface area contributed by atoms with E-state index in [9.17, 15) is 14.7 Å². The van der Waals surface area contributed by atoms with Gasteiger partial charge in [0.05, 0.1) is 12.8 Å². The first-order valence-corrected chi connectivity index (χ1v) is 9.37. The van der Waals surface area contributed by atoms with Crippen LogP contribution in [0.3, 0.4) is 0 Å². The third-order valence-corrected chi connectivity index (χ3v) is 5.37. The Morgan fingerprint density at radius 1 is 1.31 bits per heavy atom. The molecule has 7 nitrogen and oxygen atoms in total. The summed E-state index contributed by atoms with van der Waals surface area (Å²) in [6.45, 7) is 4.96. The molecule has 2 heterocycles. The predicted molar refractivity (Wildman–Crippen MR) is 93.1 cm³/mol. The molecule has 1 N–H and O–H groups in total. The molecule has 2 aliphatic carbocycles. The van der Waals surface area contributed by atoms with Crippen molar-refractivity contribution >= 4 is 11.9 Å². The van der Waals surface area contributed by atoms with Gasteiger partial charge in [0.1, 0.15) is 11.7 Å². The lowest BCUT2D eigenvalue weighted by Crippen LogP contribution is -2.41. The fraction of sp³-hybridized carbons (Fsp3) is 0.684. The third-order valence-electron chi connectivity index (χ3n) is 5.37. The van der Waals surface area contributed by atoms with Crippen molar-refractivity contribution in [2.24, 2.45) is 11.3 Å². The van der Waals surface area contributed by atoms with Crippen LogP contribution in [0.5, 0.6) is 5.88 Å². The van der Waals surface area contributed by atoms with Crippen molar-refractivity contribution in [1.82, 2.24) is 14.9 Å². The fourth-order valence-corrected chi connectivity index (χ4v) is 3.56. The van der Waals surface area contributed by atoms with Gasteiger partial charge in [-0.05, 0) is 43.4 Å². The number of aromatic nitrogens is 2. The first-order chi connectivity index (χ1) is 12.3. The normalized spacial score (nSPS) is 24.5. The van der Waals surface area contributed by atoms with E-state index in [1.807, 2.05) is 13.8 Å². The van der Waals surface area contributed by atoms with Gasteiger partial charge in [-0.3, -0.25) is 9.78 Å². The SMILES string of the molecule is CC1(C)CC(C(=O)O)N(C(=O)c2cnc(C3CC3)c(OCC3CC3)n2)C1. The third kappa shape index (κ3) is 3.52. The monoisotopic (exact) mass is 359 g/mol. The molecule has 26 heavy (non-hydrogen) atoms. The zero-order valence-corrected chi connectivity index (χ0v) is 15.3. The van der Waals surface area contributed by atoms with Crippen LogP contribution in [0.25, 0.3) is 0 Å². The first-order valence-electron chi connectivity index (χ1n) is 9.37. The first kappa shape index (κ1) is 17.2. The molecule has 7 heteroatoms. The van der Waals surface area contributed by atoms with Gasteiger partial charge in [-0.15, -0.1) is 0 Å². The minimum atomic E-state index is -0.975. The lowest BCUT2D eigenvalue weighted by Gasteiger charge is -2.22. The molecule has 0 radical (unpaired) electrons. The molecule has 2 saturated carbocycles. The summed E-state index contributed by atoms with van der Waals surface area (Å²) < 4.78 is 5.87. The second kappa shape index (κ2) is 6.21. The van der Waals surface area contributed by atoms with Crippen LogP contribution < -0.4 is 4.74 Å². The molecule has 0 aromatic carbocycles. The second-order valence-corrected chi connectivity index (χ2v) is 8.63. The molecule has 140 valence electrons. The molecule has 1 amide bonds. The smallest absolute Gasteiger partial charge is 0.326 e. The van der Waals surface area contributed by atoms with Gasteiger partial charge in [0.25, 0.3) is 5.91 Å². The summed E-state index contributed by atoms with van der Waals surface area (Å²) in [5.74, 6) is 0.0543. The van der Waals surface area contributed by atoms with Crippen molar-refractivity contribution in [2.45, 2.75) is 57.9 Å². The number of carbonyl (C=O) groups excluding carboxylic acids is 1. The predicted octanol–water partition coefficient (Wildman–Crippen LogP) is 2.47. The quantitative estimate of drug-likeness (QED) is 0.839. The Bertz CT molecular complexity index is 740. The number of carboxylic acids is 1. The second-order valence-electron chi connectivity index (χ2n) is 8.63. The van der Waals surface area contributed by atoms with Gasteiger partial charge in [0.15, 0.2) is 5.69 Å². The number of hydrogen-bond donors (Lipinski definition) is 1. The Balaban J connectivity index is 1.58. The maximum atomic E-state index is 13.0. The zero-order valence-electron chi connectivity index (χ0n) is 15.3. The highest BCUT2D eigenvalue weighted by molar-refractivity contribution is 5.95. The lowest BCUT2D eigenvalue weighted by atomic mass is 9.91. The minimum absolute atomic E-state index is 0.171. The van der Waals surface area contributed by atoms with Crippen molar-refractivity contribution in [3.05, 3.63) is 17.6 Å². The van der Waals surface area contributed by atoms with Gasteiger partial charge in [-0.1, -0.05) is 13.8 Å². The van der Waals surface area contributed by atoms with Crippen molar-refractivity contribution in [2.75, 3.05) is 13.2 Å². The van der Waals surface area contributed by atoms with Crippen LogP contribution >= 0.6 is 0 Å². The lowest BCUT2D eigenvalue weighted by molar-refractivity contribution is -0.141. The van der Waals surface area contributed by atoms with Gasteiger partial charge >= 0.3 is 5.97 Å². The Hall–Kier alpha value is -2.18. The van der Waals surface area contributed by atoms with Crippen LogP contribution in [0.15, 0.2) is 6.20 Å². The van der Waals surface area contributed by atoms with E-state index in [0.717, 1.165) is 18.5 Å². The number of amides is 1. The Kier molecular flexibility index (Phi) is 4.12. The highest BCUT2D eigenvalue weighted by Crippen LogP contribution is 2.43. The summed E-state index contributed by atoms with van der Waals surface area (Å²) in [4.78, 5) is 34.9. The molecule has 1 aliphatic heterocycles. The van der Waals surface area contributed by atoms with Crippen molar-refractivity contribution in [3.8, 4) is 5.88 Å². The van der Waals surface area contributed by atoms with Crippen LogP contribution in [0.1, 0.15) is 68.1 Å². The van der Waals surface area contributed by atoms with Crippen LogP contribution in [0.4, 0.5) is 0 Å². The molecule has 4 rings (SSSR count). The van der Waals surface area contributed by atoms with Crippen LogP contribution in [-0.2, 0) is 4.79 Å². The molecule has 1 aromatic heterocycles. The fourth-order valence-electron chi connectivity index (χ4n) is 3.56. The number of ether oxygens (including phenoxy) is 1. The van der Waals surface area contributed by atoms with Gasteiger partial charge < -0.3 is 14.7 Å². The molecule has 0 spiro atoms. The van der Waals surface area contributed by atoms with Gasteiger partial charge in [-0.25, -0.2) is 9.78 Å². The van der Waals surface area contributed by atoms with E-state index in [-0.39, 0.29) is 17.0 Å². The molecule has 1 unspecified atom stereocenters. The van der Waals surface area contributed by atoms with E-state index in [1.54, 1.807) is 0 Å². The molecule has 0 bridgehead atoms. The van der Waals surface area contributed by atoms with Gasteiger partial charge in [-0.2, -0.15) is 0 Å². The van der Waals surface area contributed by atoms with Crippen LogP contribution in [-0.4, -0.2) is 51.0 Å². The molecule has 3 fully saturated rings. The number of carboxylic acid groups (broad SMARTS) is 1. The molecular weight excluding hydrogens is 334 g/mol. The molecular formula is C19H25N3O4.